The molecule has 1 amide bonds. The second-order valence-corrected chi connectivity index (χ2v) is 6.28. The molecule has 0 fully saturated rings. The van der Waals surface area contributed by atoms with E-state index in [0.29, 0.717) is 30.8 Å². The van der Waals surface area contributed by atoms with Crippen LogP contribution in [-0.4, -0.2) is 31.6 Å². The van der Waals surface area contributed by atoms with Gasteiger partial charge < -0.3 is 15.0 Å². The van der Waals surface area contributed by atoms with Gasteiger partial charge in [-0.3, -0.25) is 4.79 Å². The molecule has 1 heterocycles. The highest BCUT2D eigenvalue weighted by molar-refractivity contribution is 6.01. The number of esters is 1. The highest BCUT2D eigenvalue weighted by Gasteiger charge is 2.18. The van der Waals surface area contributed by atoms with Crippen LogP contribution in [0.4, 0.5) is 11.4 Å². The lowest BCUT2D eigenvalue weighted by Crippen LogP contribution is -2.32. The number of nitrogens with zero attached hydrogens (tertiary/aromatic N) is 1. The molecular formula is C21H24N2O3. The van der Waals surface area contributed by atoms with E-state index in [0.717, 1.165) is 19.4 Å². The quantitative estimate of drug-likeness (QED) is 0.807. The van der Waals surface area contributed by atoms with Crippen molar-refractivity contribution in [2.75, 3.05) is 29.9 Å². The summed E-state index contributed by atoms with van der Waals surface area (Å²) in [6.45, 7) is 3.68. The third-order valence-electron chi connectivity index (χ3n) is 4.51. The molecule has 5 nitrogen and oxygen atoms in total. The summed E-state index contributed by atoms with van der Waals surface area (Å²) in [6, 6.07) is 15.3. The van der Waals surface area contributed by atoms with Crippen molar-refractivity contribution in [2.24, 2.45) is 0 Å². The van der Waals surface area contributed by atoms with Crippen molar-refractivity contribution in [3.05, 3.63) is 59.7 Å². The van der Waals surface area contributed by atoms with Crippen LogP contribution in [0.1, 0.15) is 35.7 Å². The van der Waals surface area contributed by atoms with Gasteiger partial charge in [-0.1, -0.05) is 30.3 Å². The summed E-state index contributed by atoms with van der Waals surface area (Å²) in [4.78, 5) is 26.7. The van der Waals surface area contributed by atoms with Gasteiger partial charge in [0.05, 0.1) is 17.9 Å². The maximum Gasteiger partial charge on any atom is 0.340 e. The van der Waals surface area contributed by atoms with Crippen molar-refractivity contribution >= 4 is 23.3 Å². The number of benzene rings is 2. The van der Waals surface area contributed by atoms with E-state index >= 15 is 0 Å². The summed E-state index contributed by atoms with van der Waals surface area (Å²) < 4.78 is 5.05. The smallest absolute Gasteiger partial charge is 0.340 e. The third kappa shape index (κ3) is 4.23. The Balaban J connectivity index is 1.62. The molecular weight excluding hydrogens is 328 g/mol. The molecule has 2 aromatic carbocycles. The SMILES string of the molecule is CCOC(=O)c1ccccc1NC(=O)CCN1CCCc2ccccc21. The zero-order valence-corrected chi connectivity index (χ0v) is 15.0. The number of carbonyl (C=O) groups excluding carboxylic acids is 2. The minimum atomic E-state index is -0.423. The molecule has 0 radical (unpaired) electrons. The summed E-state index contributed by atoms with van der Waals surface area (Å²) in [6.07, 6.45) is 2.56. The molecule has 5 heteroatoms. The Morgan fingerprint density at radius 1 is 1.12 bits per heavy atom. The van der Waals surface area contributed by atoms with Gasteiger partial charge in [-0.15, -0.1) is 0 Å². The van der Waals surface area contributed by atoms with Crippen LogP contribution >= 0.6 is 0 Å². The Morgan fingerprint density at radius 3 is 2.73 bits per heavy atom. The zero-order chi connectivity index (χ0) is 18.4. The van der Waals surface area contributed by atoms with Crippen LogP contribution in [0, 0.1) is 0 Å². The Morgan fingerprint density at radius 2 is 1.88 bits per heavy atom. The molecule has 0 saturated carbocycles. The summed E-state index contributed by atoms with van der Waals surface area (Å²) >= 11 is 0. The first-order valence-electron chi connectivity index (χ1n) is 9.08. The Kier molecular flexibility index (Phi) is 5.89. The first-order valence-corrected chi connectivity index (χ1v) is 9.08. The van der Waals surface area contributed by atoms with E-state index in [2.05, 4.69) is 28.4 Å². The largest absolute Gasteiger partial charge is 0.462 e. The number of hydrogen-bond acceptors (Lipinski definition) is 4. The van der Waals surface area contributed by atoms with Crippen molar-refractivity contribution in [3.8, 4) is 0 Å². The summed E-state index contributed by atoms with van der Waals surface area (Å²) in [5.74, 6) is -0.529. The van der Waals surface area contributed by atoms with Gasteiger partial charge in [0.25, 0.3) is 0 Å². The molecule has 0 aliphatic carbocycles. The van der Waals surface area contributed by atoms with Gasteiger partial charge in [-0.2, -0.15) is 0 Å². The molecule has 0 spiro atoms. The molecule has 1 aliphatic rings. The zero-order valence-electron chi connectivity index (χ0n) is 15.0. The molecule has 0 atom stereocenters. The van der Waals surface area contributed by atoms with Gasteiger partial charge in [0.2, 0.25) is 5.91 Å². The lowest BCUT2D eigenvalue weighted by atomic mass is 10.0. The molecule has 26 heavy (non-hydrogen) atoms. The molecule has 136 valence electrons. The van der Waals surface area contributed by atoms with Crippen LogP contribution in [0.25, 0.3) is 0 Å². The molecule has 2 aromatic rings. The lowest BCUT2D eigenvalue weighted by molar-refractivity contribution is -0.116. The van der Waals surface area contributed by atoms with Crippen LogP contribution in [0.5, 0.6) is 0 Å². The topological polar surface area (TPSA) is 58.6 Å². The number of nitrogens with one attached hydrogen (secondary N) is 1. The fourth-order valence-electron chi connectivity index (χ4n) is 3.27. The monoisotopic (exact) mass is 352 g/mol. The van der Waals surface area contributed by atoms with Crippen molar-refractivity contribution in [1.29, 1.82) is 0 Å². The van der Waals surface area contributed by atoms with E-state index < -0.39 is 5.97 Å². The predicted octanol–water partition coefficient (Wildman–Crippen LogP) is 3.64. The van der Waals surface area contributed by atoms with Crippen molar-refractivity contribution in [3.63, 3.8) is 0 Å². The van der Waals surface area contributed by atoms with E-state index in [9.17, 15) is 9.59 Å². The summed E-state index contributed by atoms with van der Waals surface area (Å²) in [5.41, 5.74) is 3.44. The van der Waals surface area contributed by atoms with Crippen molar-refractivity contribution < 1.29 is 14.3 Å². The Bertz CT molecular complexity index is 788. The number of rotatable bonds is 6. The van der Waals surface area contributed by atoms with Crippen molar-refractivity contribution in [1.82, 2.24) is 0 Å². The summed E-state index contributed by atoms with van der Waals surface area (Å²) in [7, 11) is 0. The lowest BCUT2D eigenvalue weighted by Gasteiger charge is -2.31. The van der Waals surface area contributed by atoms with Gasteiger partial charge in [0.1, 0.15) is 0 Å². The average Bonchev–Trinajstić information content (AvgIpc) is 2.67. The van der Waals surface area contributed by atoms with Gasteiger partial charge in [0.15, 0.2) is 0 Å². The molecule has 3 rings (SSSR count). The average molecular weight is 352 g/mol. The van der Waals surface area contributed by atoms with Gasteiger partial charge in [-0.05, 0) is 43.5 Å². The van der Waals surface area contributed by atoms with Gasteiger partial charge in [0, 0.05) is 25.2 Å². The Labute approximate surface area is 154 Å². The minimum Gasteiger partial charge on any atom is -0.462 e. The number of ether oxygens (including phenoxy) is 1. The fraction of sp³-hybridized carbons (Fsp3) is 0.333. The predicted molar refractivity (Wildman–Crippen MR) is 103 cm³/mol. The van der Waals surface area contributed by atoms with Crippen LogP contribution in [0.2, 0.25) is 0 Å². The standard InChI is InChI=1S/C21H24N2O3/c1-2-26-21(25)17-10-4-5-11-18(17)22-20(24)13-15-23-14-7-9-16-8-3-6-12-19(16)23/h3-6,8,10-12H,2,7,9,13-15H2,1H3,(H,22,24). The van der Waals surface area contributed by atoms with Crippen molar-refractivity contribution in [2.45, 2.75) is 26.2 Å². The fourth-order valence-corrected chi connectivity index (χ4v) is 3.27. The first kappa shape index (κ1) is 18.0. The number of aryl methyl sites for hydroxylation is 1. The van der Waals surface area contributed by atoms with E-state index in [4.69, 9.17) is 4.74 Å². The van der Waals surface area contributed by atoms with Crippen LogP contribution in [0.3, 0.4) is 0 Å². The maximum absolute atomic E-state index is 12.4. The number of amides is 1. The number of para-hydroxylation sites is 2. The van der Waals surface area contributed by atoms with E-state index in [1.54, 1.807) is 31.2 Å². The summed E-state index contributed by atoms with van der Waals surface area (Å²) in [5, 5.41) is 2.85. The second-order valence-electron chi connectivity index (χ2n) is 6.28. The normalized spacial score (nSPS) is 13.0. The molecule has 0 aromatic heterocycles. The van der Waals surface area contributed by atoms with E-state index in [-0.39, 0.29) is 5.91 Å². The molecule has 1 N–H and O–H groups in total. The maximum atomic E-state index is 12.4. The van der Waals surface area contributed by atoms with Crippen LogP contribution in [-0.2, 0) is 16.0 Å². The number of anilines is 2. The number of carbonyl (C=O) groups is 2. The molecule has 1 aliphatic heterocycles. The highest BCUT2D eigenvalue weighted by atomic mass is 16.5. The molecule has 0 unspecified atom stereocenters. The Hall–Kier alpha value is -2.82. The third-order valence-corrected chi connectivity index (χ3v) is 4.51. The number of fused-ring (bicyclic) bond motifs is 1. The number of hydrogen-bond donors (Lipinski definition) is 1. The van der Waals surface area contributed by atoms with Gasteiger partial charge >= 0.3 is 5.97 Å². The molecule has 0 bridgehead atoms. The minimum absolute atomic E-state index is 0.107. The van der Waals surface area contributed by atoms with Crippen LogP contribution < -0.4 is 10.2 Å². The van der Waals surface area contributed by atoms with E-state index in [1.165, 1.54) is 11.3 Å². The van der Waals surface area contributed by atoms with Gasteiger partial charge in [-0.25, -0.2) is 4.79 Å². The van der Waals surface area contributed by atoms with E-state index in [1.807, 2.05) is 6.07 Å². The first-order chi connectivity index (χ1) is 12.7. The highest BCUT2D eigenvalue weighted by Crippen LogP contribution is 2.26. The second kappa shape index (κ2) is 8.52. The molecule has 0 saturated heterocycles. The van der Waals surface area contributed by atoms with Crippen LogP contribution in [0.15, 0.2) is 48.5 Å².